The quantitative estimate of drug-likeness (QED) is 0.752. The number of rotatable bonds is 4. The van der Waals surface area contributed by atoms with Crippen LogP contribution in [-0.2, 0) is 4.79 Å². The van der Waals surface area contributed by atoms with Crippen molar-refractivity contribution in [3.05, 3.63) is 54.5 Å². The maximum Gasteiger partial charge on any atom is 0.237 e. The highest BCUT2D eigenvalue weighted by molar-refractivity contribution is 8.00. The number of thioether (sulfide) groups is 1. The molecule has 3 rings (SSSR count). The zero-order valence-corrected chi connectivity index (χ0v) is 12.5. The fourth-order valence-corrected chi connectivity index (χ4v) is 2.73. The number of fused-ring (bicyclic) bond motifs is 1. The fraction of sp³-hybridized carbons (Fsp3) is 0.133. The zero-order chi connectivity index (χ0) is 15.5. The molecule has 112 valence electrons. The molecule has 1 aromatic carbocycles. The van der Waals surface area contributed by atoms with Crippen LogP contribution in [0.25, 0.3) is 5.65 Å². The van der Waals surface area contributed by atoms with Crippen LogP contribution in [-0.4, -0.2) is 25.8 Å². The molecule has 0 spiro atoms. The number of aromatic nitrogens is 3. The molecule has 1 N–H and O–H groups in total. The Morgan fingerprint density at radius 3 is 2.77 bits per heavy atom. The van der Waals surface area contributed by atoms with Crippen LogP contribution in [0.1, 0.15) is 6.92 Å². The third-order valence-electron chi connectivity index (χ3n) is 3.05. The van der Waals surface area contributed by atoms with Crippen LogP contribution in [0.2, 0.25) is 0 Å². The molecule has 0 saturated carbocycles. The van der Waals surface area contributed by atoms with Crippen LogP contribution in [0, 0.1) is 5.82 Å². The van der Waals surface area contributed by atoms with Gasteiger partial charge in [0, 0.05) is 11.9 Å². The summed E-state index contributed by atoms with van der Waals surface area (Å²) in [5, 5.41) is 11.2. The second kappa shape index (κ2) is 6.15. The first kappa shape index (κ1) is 14.5. The Kier molecular flexibility index (Phi) is 4.06. The van der Waals surface area contributed by atoms with Gasteiger partial charge in [-0.1, -0.05) is 17.8 Å². The Hall–Kier alpha value is -2.41. The van der Waals surface area contributed by atoms with Gasteiger partial charge in [-0.25, -0.2) is 4.39 Å². The van der Waals surface area contributed by atoms with Crippen LogP contribution in [0.15, 0.2) is 53.8 Å². The van der Waals surface area contributed by atoms with E-state index in [1.807, 2.05) is 28.8 Å². The number of hydrogen-bond acceptors (Lipinski definition) is 4. The topological polar surface area (TPSA) is 59.3 Å². The first-order valence-electron chi connectivity index (χ1n) is 6.66. The maximum absolute atomic E-state index is 12.8. The van der Waals surface area contributed by atoms with Crippen molar-refractivity contribution >= 4 is 29.0 Å². The van der Waals surface area contributed by atoms with Gasteiger partial charge in [-0.3, -0.25) is 9.20 Å². The molecule has 7 heteroatoms. The minimum atomic E-state index is -0.363. The first-order chi connectivity index (χ1) is 10.6. The van der Waals surface area contributed by atoms with Crippen LogP contribution in [0.3, 0.4) is 0 Å². The summed E-state index contributed by atoms with van der Waals surface area (Å²) in [5.41, 5.74) is 1.29. The molecule has 0 saturated heterocycles. The number of carbonyl (C=O) groups excluding carboxylic acids is 1. The molecule has 2 heterocycles. The lowest BCUT2D eigenvalue weighted by molar-refractivity contribution is -0.115. The molecule has 0 aliphatic rings. The van der Waals surface area contributed by atoms with Crippen molar-refractivity contribution < 1.29 is 9.18 Å². The minimum absolute atomic E-state index is 0.177. The first-order valence-corrected chi connectivity index (χ1v) is 7.54. The van der Waals surface area contributed by atoms with Gasteiger partial charge < -0.3 is 5.32 Å². The molecule has 1 amide bonds. The zero-order valence-electron chi connectivity index (χ0n) is 11.7. The summed E-state index contributed by atoms with van der Waals surface area (Å²) >= 11 is 1.31. The number of benzene rings is 1. The molecule has 0 bridgehead atoms. The maximum atomic E-state index is 12.8. The minimum Gasteiger partial charge on any atom is -0.325 e. The predicted molar refractivity (Wildman–Crippen MR) is 83.3 cm³/mol. The van der Waals surface area contributed by atoms with E-state index in [4.69, 9.17) is 0 Å². The second-order valence-electron chi connectivity index (χ2n) is 4.67. The van der Waals surface area contributed by atoms with E-state index in [0.717, 1.165) is 5.65 Å². The van der Waals surface area contributed by atoms with E-state index in [2.05, 4.69) is 15.5 Å². The highest BCUT2D eigenvalue weighted by Gasteiger charge is 2.17. The van der Waals surface area contributed by atoms with Gasteiger partial charge in [-0.15, -0.1) is 10.2 Å². The largest absolute Gasteiger partial charge is 0.325 e. The molecular weight excluding hydrogens is 303 g/mol. The number of anilines is 1. The summed E-state index contributed by atoms with van der Waals surface area (Å²) in [6.07, 6.45) is 1.85. The van der Waals surface area contributed by atoms with E-state index in [1.165, 1.54) is 36.0 Å². The van der Waals surface area contributed by atoms with Crippen LogP contribution >= 0.6 is 11.8 Å². The van der Waals surface area contributed by atoms with Gasteiger partial charge >= 0.3 is 0 Å². The van der Waals surface area contributed by atoms with E-state index in [0.29, 0.717) is 10.8 Å². The van der Waals surface area contributed by atoms with E-state index in [-0.39, 0.29) is 17.0 Å². The van der Waals surface area contributed by atoms with E-state index >= 15 is 0 Å². The van der Waals surface area contributed by atoms with Crippen molar-refractivity contribution in [2.45, 2.75) is 17.3 Å². The normalized spacial score (nSPS) is 12.3. The fourth-order valence-electron chi connectivity index (χ4n) is 1.89. The van der Waals surface area contributed by atoms with Gasteiger partial charge in [0.15, 0.2) is 10.8 Å². The molecule has 0 aliphatic carbocycles. The standard InChI is InChI=1S/C15H13FN4OS/c1-10(14(21)17-12-7-5-11(16)6-8-12)22-15-19-18-13-4-2-3-9-20(13)15/h2-10H,1H3,(H,17,21). The van der Waals surface area contributed by atoms with E-state index in [1.54, 1.807) is 6.92 Å². The molecule has 5 nitrogen and oxygen atoms in total. The number of hydrogen-bond donors (Lipinski definition) is 1. The molecule has 0 aliphatic heterocycles. The monoisotopic (exact) mass is 316 g/mol. The Morgan fingerprint density at radius 2 is 2.00 bits per heavy atom. The molecule has 2 aromatic heterocycles. The second-order valence-corrected chi connectivity index (χ2v) is 5.98. The summed E-state index contributed by atoms with van der Waals surface area (Å²) in [6.45, 7) is 1.79. The van der Waals surface area contributed by atoms with E-state index < -0.39 is 0 Å². The Balaban J connectivity index is 1.69. The van der Waals surface area contributed by atoms with Crippen molar-refractivity contribution in [1.82, 2.24) is 14.6 Å². The van der Waals surface area contributed by atoms with Gasteiger partial charge in [0.05, 0.1) is 5.25 Å². The van der Waals surface area contributed by atoms with Crippen molar-refractivity contribution in [1.29, 1.82) is 0 Å². The van der Waals surface area contributed by atoms with Crippen LogP contribution < -0.4 is 5.32 Å². The predicted octanol–water partition coefficient (Wildman–Crippen LogP) is 2.99. The number of amides is 1. The third kappa shape index (κ3) is 3.09. The van der Waals surface area contributed by atoms with Crippen LogP contribution in [0.5, 0.6) is 0 Å². The van der Waals surface area contributed by atoms with Crippen molar-refractivity contribution in [2.24, 2.45) is 0 Å². The molecule has 1 atom stereocenters. The number of pyridine rings is 1. The Bertz CT molecular complexity index is 803. The summed E-state index contributed by atoms with van der Waals surface area (Å²) in [5.74, 6) is -0.514. The molecule has 22 heavy (non-hydrogen) atoms. The van der Waals surface area contributed by atoms with Crippen molar-refractivity contribution in [3.63, 3.8) is 0 Å². The molecule has 1 unspecified atom stereocenters. The average Bonchev–Trinajstić information content (AvgIpc) is 2.93. The highest BCUT2D eigenvalue weighted by atomic mass is 32.2. The van der Waals surface area contributed by atoms with Gasteiger partial charge in [-0.05, 0) is 43.3 Å². The lowest BCUT2D eigenvalue weighted by Gasteiger charge is -2.10. The van der Waals surface area contributed by atoms with Gasteiger partial charge in [-0.2, -0.15) is 0 Å². The van der Waals surface area contributed by atoms with Crippen molar-refractivity contribution in [3.8, 4) is 0 Å². The van der Waals surface area contributed by atoms with Gasteiger partial charge in [0.2, 0.25) is 5.91 Å². The average molecular weight is 316 g/mol. The van der Waals surface area contributed by atoms with Gasteiger partial charge in [0.25, 0.3) is 0 Å². The lowest BCUT2D eigenvalue weighted by atomic mass is 10.3. The smallest absolute Gasteiger partial charge is 0.237 e. The number of nitrogens with zero attached hydrogens (tertiary/aromatic N) is 3. The molecule has 3 aromatic rings. The number of nitrogens with one attached hydrogen (secondary N) is 1. The Labute approximate surface area is 130 Å². The molecule has 0 radical (unpaired) electrons. The van der Waals surface area contributed by atoms with E-state index in [9.17, 15) is 9.18 Å². The number of halogens is 1. The Morgan fingerprint density at radius 1 is 1.23 bits per heavy atom. The summed E-state index contributed by atoms with van der Waals surface area (Å²) in [6, 6.07) is 11.3. The lowest BCUT2D eigenvalue weighted by Crippen LogP contribution is -2.22. The highest BCUT2D eigenvalue weighted by Crippen LogP contribution is 2.23. The molecule has 0 fully saturated rings. The van der Waals surface area contributed by atoms with Gasteiger partial charge in [0.1, 0.15) is 5.82 Å². The SMILES string of the molecule is CC(Sc1nnc2ccccn12)C(=O)Nc1ccc(F)cc1. The molecular formula is C15H13FN4OS. The van der Waals surface area contributed by atoms with Crippen molar-refractivity contribution in [2.75, 3.05) is 5.32 Å². The third-order valence-corrected chi connectivity index (χ3v) is 4.10. The number of carbonyl (C=O) groups is 1. The summed E-state index contributed by atoms with van der Waals surface area (Å²) in [4.78, 5) is 12.2. The van der Waals surface area contributed by atoms with Crippen LogP contribution in [0.4, 0.5) is 10.1 Å². The summed E-state index contributed by atoms with van der Waals surface area (Å²) in [7, 11) is 0. The summed E-state index contributed by atoms with van der Waals surface area (Å²) < 4.78 is 14.7.